The second-order valence-electron chi connectivity index (χ2n) is 7.48. The zero-order valence-electron chi connectivity index (χ0n) is 15.9. The van der Waals surface area contributed by atoms with Crippen molar-refractivity contribution in [3.8, 4) is 5.69 Å². The summed E-state index contributed by atoms with van der Waals surface area (Å²) in [5.74, 6) is 2.14. The van der Waals surface area contributed by atoms with Crippen LogP contribution in [-0.4, -0.2) is 42.3 Å². The summed E-state index contributed by atoms with van der Waals surface area (Å²) < 4.78 is 3.93. The minimum absolute atomic E-state index is 0.177. The quantitative estimate of drug-likeness (QED) is 0.754. The first-order chi connectivity index (χ1) is 13.1. The van der Waals surface area contributed by atoms with Gasteiger partial charge >= 0.3 is 5.69 Å². The van der Waals surface area contributed by atoms with Crippen molar-refractivity contribution < 1.29 is 0 Å². The SMILES string of the molecule is CC(C)n1ccnc1CN1CCC[C@@H](c2n[nH]c(=O)n2-c2ccccc2)C1. The number of hydrogen-bond donors (Lipinski definition) is 1. The van der Waals surface area contributed by atoms with Crippen LogP contribution in [0.25, 0.3) is 5.69 Å². The molecule has 1 atom stereocenters. The van der Waals surface area contributed by atoms with Crippen molar-refractivity contribution in [3.63, 3.8) is 0 Å². The minimum Gasteiger partial charge on any atom is -0.331 e. The summed E-state index contributed by atoms with van der Waals surface area (Å²) in [5, 5.41) is 7.01. The molecule has 0 aliphatic carbocycles. The number of piperidine rings is 1. The van der Waals surface area contributed by atoms with Gasteiger partial charge in [0.15, 0.2) is 0 Å². The van der Waals surface area contributed by atoms with Crippen LogP contribution < -0.4 is 5.69 Å². The van der Waals surface area contributed by atoms with Gasteiger partial charge in [-0.1, -0.05) is 18.2 Å². The van der Waals surface area contributed by atoms with Crippen molar-refractivity contribution in [2.24, 2.45) is 0 Å². The third kappa shape index (κ3) is 3.60. The first-order valence-electron chi connectivity index (χ1n) is 9.60. The molecule has 0 unspecified atom stereocenters. The van der Waals surface area contributed by atoms with E-state index in [1.165, 1.54) is 0 Å². The zero-order chi connectivity index (χ0) is 18.8. The zero-order valence-corrected chi connectivity index (χ0v) is 15.9. The van der Waals surface area contributed by atoms with Gasteiger partial charge in [0.1, 0.15) is 11.6 Å². The highest BCUT2D eigenvalue weighted by molar-refractivity contribution is 5.32. The van der Waals surface area contributed by atoms with Gasteiger partial charge in [0.2, 0.25) is 0 Å². The molecule has 1 aliphatic heterocycles. The topological polar surface area (TPSA) is 71.7 Å². The van der Waals surface area contributed by atoms with E-state index in [9.17, 15) is 4.79 Å². The highest BCUT2D eigenvalue weighted by Crippen LogP contribution is 2.27. The molecule has 1 saturated heterocycles. The standard InChI is InChI=1S/C20H26N6O/c1-15(2)25-12-10-21-18(25)14-24-11-6-7-16(13-24)19-22-23-20(27)26(19)17-8-4-3-5-9-17/h3-5,8-10,12,15-16H,6-7,11,13-14H2,1-2H3,(H,23,27)/t16-/m1/s1. The van der Waals surface area contributed by atoms with Crippen molar-refractivity contribution in [3.05, 3.63) is 64.9 Å². The summed E-state index contributed by atoms with van der Waals surface area (Å²) in [5.41, 5.74) is 0.683. The third-order valence-corrected chi connectivity index (χ3v) is 5.25. The Kier molecular flexibility index (Phi) is 4.94. The number of rotatable bonds is 5. The number of benzene rings is 1. The van der Waals surface area contributed by atoms with E-state index in [2.05, 4.69) is 38.5 Å². The Morgan fingerprint density at radius 1 is 1.26 bits per heavy atom. The lowest BCUT2D eigenvalue weighted by Crippen LogP contribution is -2.36. The van der Waals surface area contributed by atoms with Crippen LogP contribution in [0.4, 0.5) is 0 Å². The maximum absolute atomic E-state index is 12.4. The predicted octanol–water partition coefficient (Wildman–Crippen LogP) is 2.72. The van der Waals surface area contributed by atoms with Gasteiger partial charge < -0.3 is 4.57 Å². The van der Waals surface area contributed by atoms with Gasteiger partial charge in [-0.05, 0) is 45.4 Å². The number of likely N-dealkylation sites (tertiary alicyclic amines) is 1. The molecular weight excluding hydrogens is 340 g/mol. The van der Waals surface area contributed by atoms with Crippen molar-refractivity contribution >= 4 is 0 Å². The Hall–Kier alpha value is -2.67. The van der Waals surface area contributed by atoms with Crippen LogP contribution in [0.3, 0.4) is 0 Å². The fourth-order valence-corrected chi connectivity index (χ4v) is 3.96. The Labute approximate surface area is 158 Å². The average Bonchev–Trinajstić information content (AvgIpc) is 3.29. The van der Waals surface area contributed by atoms with E-state index >= 15 is 0 Å². The van der Waals surface area contributed by atoms with Gasteiger partial charge in [-0.25, -0.2) is 19.4 Å². The van der Waals surface area contributed by atoms with Gasteiger partial charge in [-0.3, -0.25) is 4.90 Å². The molecule has 0 spiro atoms. The maximum Gasteiger partial charge on any atom is 0.347 e. The summed E-state index contributed by atoms with van der Waals surface area (Å²) in [4.78, 5) is 19.3. The number of aromatic nitrogens is 5. The van der Waals surface area contributed by atoms with Crippen LogP contribution in [0.15, 0.2) is 47.5 Å². The number of imidazole rings is 1. The predicted molar refractivity (Wildman–Crippen MR) is 104 cm³/mol. The molecule has 1 aromatic carbocycles. The van der Waals surface area contributed by atoms with Crippen molar-refractivity contribution in [1.82, 2.24) is 29.2 Å². The van der Waals surface area contributed by atoms with Crippen LogP contribution >= 0.6 is 0 Å². The van der Waals surface area contributed by atoms with Crippen molar-refractivity contribution in [1.29, 1.82) is 0 Å². The van der Waals surface area contributed by atoms with E-state index in [0.717, 1.165) is 49.8 Å². The minimum atomic E-state index is -0.177. The normalized spacial score (nSPS) is 18.3. The molecular formula is C20H26N6O. The maximum atomic E-state index is 12.4. The molecule has 0 saturated carbocycles. The molecule has 1 fully saturated rings. The fraction of sp³-hybridized carbons (Fsp3) is 0.450. The second kappa shape index (κ2) is 7.52. The number of aromatic amines is 1. The largest absolute Gasteiger partial charge is 0.347 e. The lowest BCUT2D eigenvalue weighted by atomic mass is 9.97. The molecule has 0 bridgehead atoms. The van der Waals surface area contributed by atoms with E-state index in [-0.39, 0.29) is 11.6 Å². The van der Waals surface area contributed by atoms with Gasteiger partial charge in [0.05, 0.1) is 12.2 Å². The lowest BCUT2D eigenvalue weighted by Gasteiger charge is -2.32. The molecule has 142 valence electrons. The van der Waals surface area contributed by atoms with Crippen molar-refractivity contribution in [2.75, 3.05) is 13.1 Å². The molecule has 4 rings (SSSR count). The second-order valence-corrected chi connectivity index (χ2v) is 7.48. The number of nitrogens with zero attached hydrogens (tertiary/aromatic N) is 5. The highest BCUT2D eigenvalue weighted by atomic mass is 16.1. The Balaban J connectivity index is 1.56. The molecule has 1 aliphatic rings. The molecule has 3 aromatic rings. The van der Waals surface area contributed by atoms with Crippen LogP contribution in [0.2, 0.25) is 0 Å². The van der Waals surface area contributed by atoms with Gasteiger partial charge in [-0.2, -0.15) is 5.10 Å². The molecule has 1 N–H and O–H groups in total. The summed E-state index contributed by atoms with van der Waals surface area (Å²) in [6.45, 7) is 7.09. The van der Waals surface area contributed by atoms with Crippen molar-refractivity contribution in [2.45, 2.75) is 45.2 Å². The van der Waals surface area contributed by atoms with E-state index in [1.807, 2.05) is 42.7 Å². The first-order valence-corrected chi connectivity index (χ1v) is 9.60. The number of hydrogen-bond acceptors (Lipinski definition) is 4. The Morgan fingerprint density at radius 3 is 2.85 bits per heavy atom. The van der Waals surface area contributed by atoms with E-state index in [0.29, 0.717) is 6.04 Å². The smallest absolute Gasteiger partial charge is 0.331 e. The van der Waals surface area contributed by atoms with Gasteiger partial charge in [0, 0.05) is 30.9 Å². The number of para-hydroxylation sites is 1. The molecule has 3 heterocycles. The number of H-pyrrole nitrogens is 1. The Morgan fingerprint density at radius 2 is 2.07 bits per heavy atom. The summed E-state index contributed by atoms with van der Waals surface area (Å²) in [6.07, 6.45) is 6.04. The van der Waals surface area contributed by atoms with Gasteiger partial charge in [-0.15, -0.1) is 0 Å². The molecule has 7 nitrogen and oxygen atoms in total. The molecule has 2 aromatic heterocycles. The summed E-state index contributed by atoms with van der Waals surface area (Å²) in [6, 6.07) is 10.1. The van der Waals surface area contributed by atoms with Crippen LogP contribution in [0, 0.1) is 0 Å². The average molecular weight is 366 g/mol. The van der Waals surface area contributed by atoms with Crippen LogP contribution in [0.1, 0.15) is 50.3 Å². The molecule has 7 heteroatoms. The number of nitrogens with one attached hydrogen (secondary N) is 1. The molecule has 27 heavy (non-hydrogen) atoms. The Bertz CT molecular complexity index is 939. The van der Waals surface area contributed by atoms with E-state index in [1.54, 1.807) is 4.57 Å². The molecule has 0 amide bonds. The van der Waals surface area contributed by atoms with Crippen LogP contribution in [-0.2, 0) is 6.54 Å². The lowest BCUT2D eigenvalue weighted by molar-refractivity contribution is 0.188. The molecule has 0 radical (unpaired) electrons. The summed E-state index contributed by atoms with van der Waals surface area (Å²) in [7, 11) is 0. The van der Waals surface area contributed by atoms with E-state index in [4.69, 9.17) is 0 Å². The summed E-state index contributed by atoms with van der Waals surface area (Å²) >= 11 is 0. The fourth-order valence-electron chi connectivity index (χ4n) is 3.96. The van der Waals surface area contributed by atoms with Gasteiger partial charge in [0.25, 0.3) is 0 Å². The highest BCUT2D eigenvalue weighted by Gasteiger charge is 2.27. The van der Waals surface area contributed by atoms with E-state index < -0.39 is 0 Å². The third-order valence-electron chi connectivity index (χ3n) is 5.25. The first kappa shape index (κ1) is 17.7. The van der Waals surface area contributed by atoms with Crippen LogP contribution in [0.5, 0.6) is 0 Å². The monoisotopic (exact) mass is 366 g/mol.